The van der Waals surface area contributed by atoms with Crippen molar-refractivity contribution < 1.29 is 0 Å². The topological polar surface area (TPSA) is 26.0 Å². The smallest absolute Gasteiger partial charge is 0.0759 e. The molecule has 1 aromatic rings. The minimum atomic E-state index is 0.311. The molecule has 0 aromatic carbocycles. The van der Waals surface area contributed by atoms with Crippen LogP contribution in [0.4, 0.5) is 0 Å². The van der Waals surface area contributed by atoms with E-state index in [1.54, 1.807) is 0 Å². The lowest BCUT2D eigenvalue weighted by atomic mass is 10.1. The van der Waals surface area contributed by atoms with Crippen molar-refractivity contribution in [2.24, 2.45) is 17.6 Å². The molecule has 1 rings (SSSR count). The second-order valence-corrected chi connectivity index (χ2v) is 6.20. The highest BCUT2D eigenvalue weighted by Crippen LogP contribution is 2.22. The van der Waals surface area contributed by atoms with E-state index in [9.17, 15) is 0 Å². The molecule has 15 heavy (non-hydrogen) atoms. The maximum absolute atomic E-state index is 5.61. The molecular formula is C12H19NS2. The summed E-state index contributed by atoms with van der Waals surface area (Å²) >= 11 is 6.87. The Kier molecular flexibility index (Phi) is 4.74. The highest BCUT2D eigenvalue weighted by Gasteiger charge is 2.09. The summed E-state index contributed by atoms with van der Waals surface area (Å²) in [5.74, 6) is 1.04. The van der Waals surface area contributed by atoms with Crippen LogP contribution in [0.15, 0.2) is 12.1 Å². The lowest BCUT2D eigenvalue weighted by Gasteiger charge is -2.06. The van der Waals surface area contributed by atoms with Crippen LogP contribution in [-0.4, -0.2) is 4.99 Å². The highest BCUT2D eigenvalue weighted by atomic mass is 32.1. The average molecular weight is 241 g/mol. The van der Waals surface area contributed by atoms with Crippen LogP contribution in [0, 0.1) is 11.8 Å². The summed E-state index contributed by atoms with van der Waals surface area (Å²) in [6.07, 6.45) is 2.16. The zero-order chi connectivity index (χ0) is 11.4. The fourth-order valence-corrected chi connectivity index (χ4v) is 2.89. The quantitative estimate of drug-likeness (QED) is 0.800. The van der Waals surface area contributed by atoms with Crippen LogP contribution >= 0.6 is 23.6 Å². The molecule has 0 saturated carbocycles. The van der Waals surface area contributed by atoms with Crippen LogP contribution in [0.1, 0.15) is 30.5 Å². The molecule has 0 fully saturated rings. The number of thiophene rings is 1. The maximum atomic E-state index is 5.61. The van der Waals surface area contributed by atoms with Gasteiger partial charge in [-0.15, -0.1) is 11.3 Å². The molecule has 0 aliphatic heterocycles. The minimum Gasteiger partial charge on any atom is -0.393 e. The zero-order valence-electron chi connectivity index (χ0n) is 9.62. The Balaban J connectivity index is 2.56. The lowest BCUT2D eigenvalue weighted by Crippen LogP contribution is -2.19. The van der Waals surface area contributed by atoms with E-state index in [2.05, 4.69) is 32.9 Å². The Bertz CT molecular complexity index is 328. The van der Waals surface area contributed by atoms with Gasteiger partial charge in [-0.05, 0) is 30.9 Å². The number of rotatable bonds is 5. The van der Waals surface area contributed by atoms with Gasteiger partial charge in [-0.2, -0.15) is 0 Å². The molecule has 0 aliphatic rings. The van der Waals surface area contributed by atoms with Gasteiger partial charge in [0.05, 0.1) is 4.99 Å². The third-order valence-corrected chi connectivity index (χ3v) is 3.85. The maximum Gasteiger partial charge on any atom is 0.0759 e. The van der Waals surface area contributed by atoms with E-state index >= 15 is 0 Å². The van der Waals surface area contributed by atoms with Gasteiger partial charge in [0.15, 0.2) is 0 Å². The molecule has 0 bridgehead atoms. The first-order chi connectivity index (χ1) is 6.99. The van der Waals surface area contributed by atoms with Crippen LogP contribution in [0.2, 0.25) is 0 Å². The van der Waals surface area contributed by atoms with Crippen molar-refractivity contribution in [1.29, 1.82) is 0 Å². The van der Waals surface area contributed by atoms with E-state index in [1.165, 1.54) is 16.2 Å². The molecule has 2 N–H and O–H groups in total. The molecule has 1 atom stereocenters. The van der Waals surface area contributed by atoms with Gasteiger partial charge in [0.2, 0.25) is 0 Å². The van der Waals surface area contributed by atoms with Gasteiger partial charge in [0.1, 0.15) is 0 Å². The summed E-state index contributed by atoms with van der Waals surface area (Å²) in [6.45, 7) is 6.58. The van der Waals surface area contributed by atoms with Crippen LogP contribution < -0.4 is 5.73 Å². The van der Waals surface area contributed by atoms with Crippen LogP contribution in [0.5, 0.6) is 0 Å². The summed E-state index contributed by atoms with van der Waals surface area (Å²) in [6, 6.07) is 4.43. The highest BCUT2D eigenvalue weighted by molar-refractivity contribution is 7.80. The first-order valence-electron chi connectivity index (χ1n) is 5.36. The van der Waals surface area contributed by atoms with Crippen molar-refractivity contribution >= 4 is 28.5 Å². The van der Waals surface area contributed by atoms with Crippen LogP contribution in [-0.2, 0) is 12.8 Å². The fourth-order valence-electron chi connectivity index (χ4n) is 1.45. The van der Waals surface area contributed by atoms with Gasteiger partial charge in [-0.3, -0.25) is 0 Å². The first-order valence-corrected chi connectivity index (χ1v) is 6.58. The fraction of sp³-hybridized carbons (Fsp3) is 0.583. The first kappa shape index (κ1) is 12.7. The Morgan fingerprint density at radius 2 is 1.80 bits per heavy atom. The molecule has 1 unspecified atom stereocenters. The lowest BCUT2D eigenvalue weighted by molar-refractivity contribution is 0.654. The van der Waals surface area contributed by atoms with Crippen molar-refractivity contribution in [3.05, 3.63) is 21.9 Å². The third kappa shape index (κ3) is 4.31. The van der Waals surface area contributed by atoms with Crippen molar-refractivity contribution in [3.63, 3.8) is 0 Å². The minimum absolute atomic E-state index is 0.311. The molecule has 1 aromatic heterocycles. The Morgan fingerprint density at radius 1 is 1.27 bits per heavy atom. The molecular weight excluding hydrogens is 222 g/mol. The molecule has 0 amide bonds. The van der Waals surface area contributed by atoms with Gasteiger partial charge in [0.25, 0.3) is 0 Å². The van der Waals surface area contributed by atoms with E-state index in [-0.39, 0.29) is 0 Å². The summed E-state index contributed by atoms with van der Waals surface area (Å²) in [5.41, 5.74) is 5.61. The standard InChI is InChI=1S/C12H19NS2/c1-8(2)6-10-4-5-11(15-10)7-9(3)12(13)14/h4-5,8-9H,6-7H2,1-3H3,(H2,13,14). The Labute approximate surface area is 102 Å². The molecule has 3 heteroatoms. The summed E-state index contributed by atoms with van der Waals surface area (Å²) in [4.78, 5) is 3.48. The van der Waals surface area contributed by atoms with Crippen LogP contribution in [0.25, 0.3) is 0 Å². The van der Waals surface area contributed by atoms with E-state index in [0.29, 0.717) is 10.9 Å². The Hall–Kier alpha value is -0.410. The van der Waals surface area contributed by atoms with Gasteiger partial charge in [0, 0.05) is 15.7 Å². The van der Waals surface area contributed by atoms with Gasteiger partial charge >= 0.3 is 0 Å². The summed E-state index contributed by atoms with van der Waals surface area (Å²) in [7, 11) is 0. The van der Waals surface area contributed by atoms with Crippen molar-refractivity contribution in [2.75, 3.05) is 0 Å². The number of hydrogen-bond acceptors (Lipinski definition) is 2. The van der Waals surface area contributed by atoms with Gasteiger partial charge in [-0.1, -0.05) is 33.0 Å². The van der Waals surface area contributed by atoms with Crippen molar-refractivity contribution in [3.8, 4) is 0 Å². The molecule has 0 spiro atoms. The summed E-state index contributed by atoms with van der Waals surface area (Å²) in [5, 5.41) is 0. The number of thiocarbonyl (C=S) groups is 1. The molecule has 0 saturated heterocycles. The van der Waals surface area contributed by atoms with E-state index in [4.69, 9.17) is 18.0 Å². The van der Waals surface area contributed by atoms with Gasteiger partial charge < -0.3 is 5.73 Å². The largest absolute Gasteiger partial charge is 0.393 e. The third-order valence-electron chi connectivity index (χ3n) is 2.32. The molecule has 0 aliphatic carbocycles. The van der Waals surface area contributed by atoms with E-state index in [1.807, 2.05) is 11.3 Å². The molecule has 1 nitrogen and oxygen atoms in total. The van der Waals surface area contributed by atoms with Gasteiger partial charge in [-0.25, -0.2) is 0 Å². The average Bonchev–Trinajstić information content (AvgIpc) is 2.51. The molecule has 1 heterocycles. The van der Waals surface area contributed by atoms with Crippen LogP contribution in [0.3, 0.4) is 0 Å². The SMILES string of the molecule is CC(C)Cc1ccc(CC(C)C(N)=S)s1. The zero-order valence-corrected chi connectivity index (χ0v) is 11.3. The normalized spacial score (nSPS) is 13.1. The van der Waals surface area contributed by atoms with Crippen molar-refractivity contribution in [2.45, 2.75) is 33.6 Å². The summed E-state index contributed by atoms with van der Waals surface area (Å²) < 4.78 is 0. The van der Waals surface area contributed by atoms with E-state index < -0.39 is 0 Å². The molecule has 84 valence electrons. The predicted molar refractivity (Wildman–Crippen MR) is 72.5 cm³/mol. The number of nitrogens with two attached hydrogens (primary N) is 1. The molecule has 0 radical (unpaired) electrons. The number of hydrogen-bond donors (Lipinski definition) is 1. The predicted octanol–water partition coefficient (Wildman–Crippen LogP) is 3.41. The van der Waals surface area contributed by atoms with Crippen molar-refractivity contribution in [1.82, 2.24) is 0 Å². The second-order valence-electron chi connectivity index (χ2n) is 4.47. The Morgan fingerprint density at radius 3 is 2.27 bits per heavy atom. The second kappa shape index (κ2) is 5.61. The van der Waals surface area contributed by atoms with E-state index in [0.717, 1.165) is 12.3 Å². The monoisotopic (exact) mass is 241 g/mol.